The number of pyridine rings is 1. The zero-order chi connectivity index (χ0) is 6.69. The summed E-state index contributed by atoms with van der Waals surface area (Å²) >= 11 is 3.29. The van der Waals surface area contributed by atoms with Crippen molar-refractivity contribution in [3.8, 4) is 5.75 Å². The zero-order valence-corrected chi connectivity index (χ0v) is 7.74. The first-order valence-electron chi connectivity index (χ1n) is 2.53. The number of aromatic amines is 1. The summed E-state index contributed by atoms with van der Waals surface area (Å²) in [4.78, 5) is 2.91. The summed E-state index contributed by atoms with van der Waals surface area (Å²) in [6, 6.07) is 1.89. The lowest BCUT2D eigenvalue weighted by Crippen LogP contribution is -3.00. The molecule has 1 N–H and O–H groups in total. The van der Waals surface area contributed by atoms with E-state index in [1.165, 1.54) is 0 Å². The van der Waals surface area contributed by atoms with Crippen LogP contribution in [0.2, 0.25) is 0 Å². The Bertz CT molecular complexity index is 207. The van der Waals surface area contributed by atoms with Gasteiger partial charge in [-0.2, -0.15) is 0 Å². The van der Waals surface area contributed by atoms with Crippen molar-refractivity contribution in [1.82, 2.24) is 0 Å². The van der Waals surface area contributed by atoms with Crippen molar-refractivity contribution in [3.63, 3.8) is 0 Å². The molecule has 0 unspecified atom stereocenters. The van der Waals surface area contributed by atoms with Crippen LogP contribution in [0.5, 0.6) is 5.75 Å². The molecule has 2 nitrogen and oxygen atoms in total. The molecule has 0 spiro atoms. The predicted octanol–water partition coefficient (Wildman–Crippen LogP) is -1.72. The van der Waals surface area contributed by atoms with Crippen molar-refractivity contribution in [2.45, 2.75) is 0 Å². The minimum absolute atomic E-state index is 0. The molecule has 0 radical (unpaired) electrons. The average Bonchev–Trinajstić information content (AvgIpc) is 1.88. The summed E-state index contributed by atoms with van der Waals surface area (Å²) in [5.41, 5.74) is 0. The van der Waals surface area contributed by atoms with Crippen LogP contribution in [0.3, 0.4) is 0 Å². The molecule has 0 aliphatic heterocycles. The number of H-pyrrole nitrogens is 1. The van der Waals surface area contributed by atoms with E-state index in [-0.39, 0.29) is 12.4 Å². The van der Waals surface area contributed by atoms with E-state index in [2.05, 4.69) is 20.9 Å². The monoisotopic (exact) mass is 223 g/mol. The van der Waals surface area contributed by atoms with Gasteiger partial charge in [0.2, 0.25) is 6.20 Å². The largest absolute Gasteiger partial charge is 1.00 e. The second-order valence-electron chi connectivity index (χ2n) is 1.59. The number of hydrogen-bond donors (Lipinski definition) is 0. The Balaban J connectivity index is 0.000000810. The molecule has 1 aromatic heterocycles. The topological polar surface area (TPSA) is 23.4 Å². The first kappa shape index (κ1) is 9.72. The van der Waals surface area contributed by atoms with E-state index in [4.69, 9.17) is 4.74 Å². The van der Waals surface area contributed by atoms with E-state index in [0.717, 1.165) is 10.2 Å². The molecule has 0 bridgehead atoms. The summed E-state index contributed by atoms with van der Waals surface area (Å²) in [7, 11) is 1.63. The highest BCUT2D eigenvalue weighted by Crippen LogP contribution is 2.12. The lowest BCUT2D eigenvalue weighted by atomic mass is 10.5. The Morgan fingerprint density at radius 1 is 1.50 bits per heavy atom. The van der Waals surface area contributed by atoms with Crippen LogP contribution in [0, 0.1) is 0 Å². The van der Waals surface area contributed by atoms with Crippen LogP contribution in [-0.4, -0.2) is 7.11 Å². The van der Waals surface area contributed by atoms with E-state index in [9.17, 15) is 0 Å². The maximum atomic E-state index is 4.93. The quantitative estimate of drug-likeness (QED) is 0.556. The highest BCUT2D eigenvalue weighted by molar-refractivity contribution is 9.10. The lowest BCUT2D eigenvalue weighted by molar-refractivity contribution is -0.379. The Morgan fingerprint density at radius 2 is 2.20 bits per heavy atom. The highest BCUT2D eigenvalue weighted by Gasteiger charge is 1.94. The third-order valence-corrected chi connectivity index (χ3v) is 1.42. The van der Waals surface area contributed by atoms with Gasteiger partial charge in [0, 0.05) is 6.07 Å². The SMILES string of the molecule is COc1c[nH+]cc(Br)c1.[Cl-]. The number of ether oxygens (including phenoxy) is 1. The van der Waals surface area contributed by atoms with Gasteiger partial charge >= 0.3 is 0 Å². The molecule has 0 aliphatic rings. The minimum atomic E-state index is 0. The van der Waals surface area contributed by atoms with Crippen molar-refractivity contribution in [2.75, 3.05) is 7.11 Å². The van der Waals surface area contributed by atoms with Gasteiger partial charge in [-0.15, -0.1) is 0 Å². The highest BCUT2D eigenvalue weighted by atomic mass is 79.9. The van der Waals surface area contributed by atoms with Crippen molar-refractivity contribution in [1.29, 1.82) is 0 Å². The molecule has 1 aromatic rings. The Morgan fingerprint density at radius 3 is 2.60 bits per heavy atom. The van der Waals surface area contributed by atoms with Gasteiger partial charge in [-0.25, -0.2) is 4.98 Å². The normalized spacial score (nSPS) is 8.20. The predicted molar refractivity (Wildman–Crippen MR) is 37.2 cm³/mol. The molecule has 0 atom stereocenters. The number of aromatic nitrogens is 1. The number of nitrogens with one attached hydrogen (secondary N) is 1. The standard InChI is InChI=1S/C6H6BrNO.ClH/c1-9-6-2-5(7)3-8-4-6;/h2-4H,1H3;1H. The minimum Gasteiger partial charge on any atom is -1.00 e. The molecule has 56 valence electrons. The molecule has 4 heteroatoms. The van der Waals surface area contributed by atoms with Crippen LogP contribution in [-0.2, 0) is 0 Å². The van der Waals surface area contributed by atoms with E-state index >= 15 is 0 Å². The van der Waals surface area contributed by atoms with Crippen molar-refractivity contribution >= 4 is 15.9 Å². The van der Waals surface area contributed by atoms with Gasteiger partial charge in [-0.3, -0.25) is 0 Å². The average molecular weight is 224 g/mol. The number of hydrogen-bond acceptors (Lipinski definition) is 1. The molecule has 0 fully saturated rings. The summed E-state index contributed by atoms with van der Waals surface area (Å²) in [6.45, 7) is 0. The molecule has 0 amide bonds. The number of methoxy groups -OCH3 is 1. The Labute approximate surface area is 74.2 Å². The second kappa shape index (κ2) is 4.52. The van der Waals surface area contributed by atoms with Gasteiger partial charge in [0.25, 0.3) is 0 Å². The van der Waals surface area contributed by atoms with E-state index in [1.54, 1.807) is 13.3 Å². The third-order valence-electron chi connectivity index (χ3n) is 0.963. The smallest absolute Gasteiger partial charge is 0.209 e. The van der Waals surface area contributed by atoms with Crippen LogP contribution in [0.15, 0.2) is 22.9 Å². The van der Waals surface area contributed by atoms with Crippen LogP contribution < -0.4 is 22.1 Å². The van der Waals surface area contributed by atoms with Crippen LogP contribution in [0.4, 0.5) is 0 Å². The molecule has 1 rings (SSSR count). The third kappa shape index (κ3) is 2.54. The number of rotatable bonds is 1. The lowest BCUT2D eigenvalue weighted by Gasteiger charge is -1.92. The fourth-order valence-electron chi connectivity index (χ4n) is 0.540. The maximum absolute atomic E-state index is 4.93. The molecule has 0 saturated carbocycles. The van der Waals surface area contributed by atoms with Crippen LogP contribution in [0.25, 0.3) is 0 Å². The molecule has 0 aromatic carbocycles. The molecular formula is C6H7BrClNO. The summed E-state index contributed by atoms with van der Waals surface area (Å²) in [5, 5.41) is 0. The summed E-state index contributed by atoms with van der Waals surface area (Å²) < 4.78 is 5.92. The fraction of sp³-hybridized carbons (Fsp3) is 0.167. The molecule has 0 saturated heterocycles. The molecule has 0 aliphatic carbocycles. The van der Waals surface area contributed by atoms with E-state index < -0.39 is 0 Å². The first-order valence-corrected chi connectivity index (χ1v) is 3.33. The molecule has 10 heavy (non-hydrogen) atoms. The molecule has 1 heterocycles. The van der Waals surface area contributed by atoms with E-state index in [0.29, 0.717) is 0 Å². The Hall–Kier alpha value is -0.280. The zero-order valence-electron chi connectivity index (χ0n) is 5.40. The van der Waals surface area contributed by atoms with E-state index in [1.807, 2.05) is 12.3 Å². The maximum Gasteiger partial charge on any atom is 0.209 e. The van der Waals surface area contributed by atoms with Crippen molar-refractivity contribution < 1.29 is 22.1 Å². The van der Waals surface area contributed by atoms with Crippen molar-refractivity contribution in [3.05, 3.63) is 22.9 Å². The van der Waals surface area contributed by atoms with Crippen LogP contribution in [0.1, 0.15) is 0 Å². The summed E-state index contributed by atoms with van der Waals surface area (Å²) in [6.07, 6.45) is 3.62. The Kier molecular flexibility index (Phi) is 4.40. The van der Waals surface area contributed by atoms with Gasteiger partial charge in [-0.1, -0.05) is 0 Å². The van der Waals surface area contributed by atoms with Gasteiger partial charge in [-0.05, 0) is 15.9 Å². The van der Waals surface area contributed by atoms with Crippen molar-refractivity contribution in [2.24, 2.45) is 0 Å². The molecular weight excluding hydrogens is 217 g/mol. The van der Waals surface area contributed by atoms with Gasteiger partial charge in [0.15, 0.2) is 11.9 Å². The fourth-order valence-corrected chi connectivity index (χ4v) is 0.898. The number of halogens is 2. The van der Waals surface area contributed by atoms with Crippen LogP contribution >= 0.6 is 15.9 Å². The summed E-state index contributed by atoms with van der Waals surface area (Å²) in [5.74, 6) is 0.823. The van der Waals surface area contributed by atoms with Gasteiger partial charge < -0.3 is 17.1 Å². The van der Waals surface area contributed by atoms with Gasteiger partial charge in [0.1, 0.15) is 0 Å². The van der Waals surface area contributed by atoms with Gasteiger partial charge in [0.05, 0.1) is 11.6 Å². The second-order valence-corrected chi connectivity index (χ2v) is 2.51. The first-order chi connectivity index (χ1) is 4.33.